The van der Waals surface area contributed by atoms with Gasteiger partial charge < -0.3 is 5.32 Å². The van der Waals surface area contributed by atoms with Crippen molar-refractivity contribution in [1.29, 1.82) is 0 Å². The third-order valence-electron chi connectivity index (χ3n) is 2.45. The number of aryl methyl sites for hydroxylation is 1. The summed E-state index contributed by atoms with van der Waals surface area (Å²) in [6.07, 6.45) is 1.66. The first-order valence-corrected chi connectivity index (χ1v) is 6.32. The molecule has 1 aromatic carbocycles. The van der Waals surface area contributed by atoms with Gasteiger partial charge in [0.2, 0.25) is 0 Å². The lowest BCUT2D eigenvalue weighted by Gasteiger charge is -2.07. The Bertz CT molecular complexity index is 618. The maximum Gasteiger partial charge on any atom is 0.292 e. The van der Waals surface area contributed by atoms with E-state index in [1.165, 1.54) is 6.07 Å². The summed E-state index contributed by atoms with van der Waals surface area (Å²) in [6.45, 7) is 2.20. The molecule has 1 heterocycles. The van der Waals surface area contributed by atoms with Crippen molar-refractivity contribution in [2.24, 2.45) is 0 Å². The molecular formula is C12H11BrN4O2. The van der Waals surface area contributed by atoms with Crippen molar-refractivity contribution in [3.63, 3.8) is 0 Å². The molecule has 0 saturated carbocycles. The minimum Gasteiger partial charge on any atom is -0.374 e. The number of nitrogens with zero attached hydrogens (tertiary/aromatic N) is 3. The van der Waals surface area contributed by atoms with E-state index in [9.17, 15) is 10.1 Å². The van der Waals surface area contributed by atoms with Gasteiger partial charge in [-0.25, -0.2) is 9.97 Å². The highest BCUT2D eigenvalue weighted by Gasteiger charge is 2.13. The van der Waals surface area contributed by atoms with Crippen LogP contribution in [-0.4, -0.2) is 14.9 Å². The number of rotatable bonds is 4. The Hall–Kier alpha value is -2.02. The zero-order valence-corrected chi connectivity index (χ0v) is 11.7. The van der Waals surface area contributed by atoms with Crippen LogP contribution in [0.2, 0.25) is 0 Å². The van der Waals surface area contributed by atoms with Gasteiger partial charge in [-0.1, -0.05) is 15.9 Å². The molecule has 1 aromatic heterocycles. The molecule has 6 nitrogen and oxygen atoms in total. The lowest BCUT2D eigenvalue weighted by Crippen LogP contribution is -2.05. The molecule has 19 heavy (non-hydrogen) atoms. The van der Waals surface area contributed by atoms with E-state index in [4.69, 9.17) is 0 Å². The van der Waals surface area contributed by atoms with E-state index in [0.29, 0.717) is 18.1 Å². The molecule has 0 aliphatic heterocycles. The number of hydrogen-bond donors (Lipinski definition) is 1. The summed E-state index contributed by atoms with van der Waals surface area (Å²) in [5.74, 6) is 0.669. The van der Waals surface area contributed by atoms with Gasteiger partial charge in [-0.05, 0) is 25.1 Å². The van der Waals surface area contributed by atoms with Crippen LogP contribution >= 0.6 is 15.9 Å². The van der Waals surface area contributed by atoms with Crippen molar-refractivity contribution in [3.8, 4) is 0 Å². The second kappa shape index (κ2) is 5.75. The predicted molar refractivity (Wildman–Crippen MR) is 74.9 cm³/mol. The topological polar surface area (TPSA) is 81.0 Å². The molecular weight excluding hydrogens is 312 g/mol. The van der Waals surface area contributed by atoms with Crippen LogP contribution in [0, 0.1) is 17.0 Å². The first kappa shape index (κ1) is 13.4. The van der Waals surface area contributed by atoms with Crippen LogP contribution in [0.15, 0.2) is 34.9 Å². The van der Waals surface area contributed by atoms with Gasteiger partial charge in [-0.2, -0.15) is 0 Å². The number of aromatic nitrogens is 2. The number of nitro benzene ring substituents is 1. The molecule has 1 N–H and O–H groups in total. The van der Waals surface area contributed by atoms with E-state index in [2.05, 4.69) is 31.2 Å². The van der Waals surface area contributed by atoms with E-state index in [1.807, 2.05) is 0 Å². The smallest absolute Gasteiger partial charge is 0.292 e. The van der Waals surface area contributed by atoms with Crippen LogP contribution in [0.5, 0.6) is 0 Å². The fourth-order valence-corrected chi connectivity index (χ4v) is 1.96. The van der Waals surface area contributed by atoms with Gasteiger partial charge >= 0.3 is 0 Å². The summed E-state index contributed by atoms with van der Waals surface area (Å²) in [4.78, 5) is 18.7. The second-order valence-electron chi connectivity index (χ2n) is 3.87. The highest BCUT2D eigenvalue weighted by Crippen LogP contribution is 2.28. The van der Waals surface area contributed by atoms with Crippen LogP contribution in [0.25, 0.3) is 0 Å². The van der Waals surface area contributed by atoms with Crippen molar-refractivity contribution in [3.05, 3.63) is 56.6 Å². The monoisotopic (exact) mass is 322 g/mol. The van der Waals surface area contributed by atoms with Gasteiger partial charge in [0.25, 0.3) is 5.69 Å². The third kappa shape index (κ3) is 3.47. The summed E-state index contributed by atoms with van der Waals surface area (Å²) in [5, 5.41) is 13.9. The molecule has 0 bridgehead atoms. The molecule has 98 valence electrons. The van der Waals surface area contributed by atoms with Crippen LogP contribution in [0.4, 0.5) is 11.4 Å². The molecule has 0 fully saturated rings. The molecule has 0 atom stereocenters. The summed E-state index contributed by atoms with van der Waals surface area (Å²) in [5.41, 5.74) is 1.27. The maximum absolute atomic E-state index is 10.9. The quantitative estimate of drug-likeness (QED) is 0.691. The molecule has 0 unspecified atom stereocenters. The second-order valence-corrected chi connectivity index (χ2v) is 4.78. The maximum atomic E-state index is 10.9. The van der Waals surface area contributed by atoms with Crippen molar-refractivity contribution in [2.75, 3.05) is 5.32 Å². The first-order valence-electron chi connectivity index (χ1n) is 5.52. The Balaban J connectivity index is 2.19. The standard InChI is InChI=1S/C12H11BrN4O2/c1-8-14-5-4-10(16-8)7-15-11-6-9(13)2-3-12(11)17(18)19/h2-6,15H,7H2,1H3. The summed E-state index contributed by atoms with van der Waals surface area (Å²) >= 11 is 3.30. The van der Waals surface area contributed by atoms with Crippen molar-refractivity contribution in [1.82, 2.24) is 9.97 Å². The molecule has 0 saturated heterocycles. The number of benzene rings is 1. The van der Waals surface area contributed by atoms with Gasteiger partial charge in [0.1, 0.15) is 11.5 Å². The van der Waals surface area contributed by atoms with Gasteiger partial charge in [0, 0.05) is 16.7 Å². The van der Waals surface area contributed by atoms with Gasteiger partial charge in [0.15, 0.2) is 0 Å². The fourth-order valence-electron chi connectivity index (χ4n) is 1.60. The molecule has 0 aliphatic rings. The Kier molecular flexibility index (Phi) is 4.06. The molecule has 0 amide bonds. The van der Waals surface area contributed by atoms with Crippen molar-refractivity contribution < 1.29 is 4.92 Å². The molecule has 0 aliphatic carbocycles. The zero-order chi connectivity index (χ0) is 13.8. The lowest BCUT2D eigenvalue weighted by molar-refractivity contribution is -0.384. The fraction of sp³-hybridized carbons (Fsp3) is 0.167. The Morgan fingerprint density at radius 1 is 1.42 bits per heavy atom. The Labute approximate surface area is 118 Å². The minimum atomic E-state index is -0.417. The van der Waals surface area contributed by atoms with Crippen molar-refractivity contribution in [2.45, 2.75) is 13.5 Å². The zero-order valence-electron chi connectivity index (χ0n) is 10.1. The Morgan fingerprint density at radius 3 is 2.89 bits per heavy atom. The van der Waals surface area contributed by atoms with Crippen LogP contribution in [0.1, 0.15) is 11.5 Å². The highest BCUT2D eigenvalue weighted by atomic mass is 79.9. The van der Waals surface area contributed by atoms with Crippen LogP contribution in [-0.2, 0) is 6.54 Å². The van der Waals surface area contributed by atoms with E-state index >= 15 is 0 Å². The molecule has 0 radical (unpaired) electrons. The van der Waals surface area contributed by atoms with Gasteiger partial charge in [-0.15, -0.1) is 0 Å². The number of anilines is 1. The minimum absolute atomic E-state index is 0.0361. The van der Waals surface area contributed by atoms with E-state index in [-0.39, 0.29) is 5.69 Å². The van der Waals surface area contributed by atoms with Gasteiger partial charge in [-0.3, -0.25) is 10.1 Å². The average Bonchev–Trinajstić information content (AvgIpc) is 2.36. The SMILES string of the molecule is Cc1nccc(CNc2cc(Br)ccc2[N+](=O)[O-])n1. The average molecular weight is 323 g/mol. The number of hydrogen-bond acceptors (Lipinski definition) is 5. The summed E-state index contributed by atoms with van der Waals surface area (Å²) < 4.78 is 0.777. The number of nitro groups is 1. The van der Waals surface area contributed by atoms with E-state index < -0.39 is 4.92 Å². The number of halogens is 1. The lowest BCUT2D eigenvalue weighted by atomic mass is 10.2. The predicted octanol–water partition coefficient (Wildman–Crippen LogP) is 3.07. The van der Waals surface area contributed by atoms with E-state index in [0.717, 1.165) is 10.2 Å². The number of nitrogens with one attached hydrogen (secondary N) is 1. The normalized spacial score (nSPS) is 10.2. The third-order valence-corrected chi connectivity index (χ3v) is 2.94. The Morgan fingerprint density at radius 2 is 2.21 bits per heavy atom. The summed E-state index contributed by atoms with van der Waals surface area (Å²) in [7, 11) is 0. The van der Waals surface area contributed by atoms with Crippen molar-refractivity contribution >= 4 is 27.3 Å². The molecule has 0 spiro atoms. The highest BCUT2D eigenvalue weighted by molar-refractivity contribution is 9.10. The first-order chi connectivity index (χ1) is 9.06. The molecule has 2 aromatic rings. The van der Waals surface area contributed by atoms with Crippen LogP contribution < -0.4 is 5.32 Å². The summed E-state index contributed by atoms with van der Waals surface area (Å²) in [6, 6.07) is 6.53. The molecule has 2 rings (SSSR count). The van der Waals surface area contributed by atoms with Crippen LogP contribution in [0.3, 0.4) is 0 Å². The van der Waals surface area contributed by atoms with E-state index in [1.54, 1.807) is 31.3 Å². The largest absolute Gasteiger partial charge is 0.374 e. The van der Waals surface area contributed by atoms with Gasteiger partial charge in [0.05, 0.1) is 17.2 Å². The molecule has 7 heteroatoms.